The van der Waals surface area contributed by atoms with Crippen LogP contribution in [0.3, 0.4) is 0 Å². The van der Waals surface area contributed by atoms with Gasteiger partial charge in [-0.15, -0.1) is 11.3 Å². The summed E-state index contributed by atoms with van der Waals surface area (Å²) in [6.07, 6.45) is 3.14. The maximum Gasteiger partial charge on any atom is 0.254 e. The van der Waals surface area contributed by atoms with Crippen molar-refractivity contribution in [2.45, 2.75) is 25.8 Å². The van der Waals surface area contributed by atoms with Gasteiger partial charge in [0.2, 0.25) is 0 Å². The van der Waals surface area contributed by atoms with E-state index in [9.17, 15) is 4.79 Å². The number of benzene rings is 1. The molecule has 21 heavy (non-hydrogen) atoms. The molecule has 3 rings (SSSR count). The molecule has 0 fully saturated rings. The minimum absolute atomic E-state index is 0.0669. The van der Waals surface area contributed by atoms with Crippen LogP contribution in [0.4, 0.5) is 5.00 Å². The molecule has 1 aromatic carbocycles. The summed E-state index contributed by atoms with van der Waals surface area (Å²) in [4.78, 5) is 13.7. The van der Waals surface area contributed by atoms with Gasteiger partial charge in [0.15, 0.2) is 0 Å². The van der Waals surface area contributed by atoms with Crippen LogP contribution in [-0.2, 0) is 19.4 Å². The van der Waals surface area contributed by atoms with E-state index in [2.05, 4.69) is 5.32 Å². The van der Waals surface area contributed by atoms with E-state index < -0.39 is 0 Å². The molecule has 0 saturated carbocycles. The molecular formula is C16H18N2O2S. The summed E-state index contributed by atoms with van der Waals surface area (Å²) in [6.45, 7) is 0.493. The number of anilines is 1. The van der Waals surface area contributed by atoms with E-state index in [0.717, 1.165) is 36.1 Å². The molecule has 1 amide bonds. The van der Waals surface area contributed by atoms with Crippen LogP contribution in [0.1, 0.15) is 32.8 Å². The second-order valence-corrected chi connectivity index (χ2v) is 6.26. The molecule has 0 bridgehead atoms. The van der Waals surface area contributed by atoms with Gasteiger partial charge in [0, 0.05) is 11.4 Å². The highest BCUT2D eigenvalue weighted by Gasteiger charge is 2.24. The first kappa shape index (κ1) is 13.9. The van der Waals surface area contributed by atoms with Gasteiger partial charge in [0.05, 0.1) is 17.7 Å². The lowest BCUT2D eigenvalue weighted by molar-refractivity contribution is 0.0951. The number of ether oxygens (including phenoxy) is 1. The van der Waals surface area contributed by atoms with E-state index in [4.69, 9.17) is 10.5 Å². The molecular weight excluding hydrogens is 284 g/mol. The molecule has 110 valence electrons. The van der Waals surface area contributed by atoms with E-state index in [-0.39, 0.29) is 5.91 Å². The molecule has 1 heterocycles. The fourth-order valence-electron chi connectivity index (χ4n) is 2.69. The van der Waals surface area contributed by atoms with Gasteiger partial charge in [-0.05, 0) is 42.5 Å². The molecule has 1 aliphatic carbocycles. The zero-order valence-corrected chi connectivity index (χ0v) is 12.8. The summed E-state index contributed by atoms with van der Waals surface area (Å²) in [7, 11) is 1.64. The normalized spacial score (nSPS) is 13.0. The van der Waals surface area contributed by atoms with Crippen molar-refractivity contribution < 1.29 is 9.53 Å². The number of nitrogen functional groups attached to an aromatic ring is 1. The number of amides is 1. The van der Waals surface area contributed by atoms with Crippen molar-refractivity contribution in [3.05, 3.63) is 45.8 Å². The fraction of sp³-hybridized carbons (Fsp3) is 0.312. The lowest BCUT2D eigenvalue weighted by atomic mass is 10.1. The monoisotopic (exact) mass is 302 g/mol. The van der Waals surface area contributed by atoms with Crippen molar-refractivity contribution in [3.63, 3.8) is 0 Å². The van der Waals surface area contributed by atoms with Gasteiger partial charge in [-0.2, -0.15) is 0 Å². The van der Waals surface area contributed by atoms with Gasteiger partial charge >= 0.3 is 0 Å². The standard InChI is InChI=1S/C16H18N2O2S/c1-20-11-7-5-10(6-8-11)9-18-16(19)14-12-3-2-4-13(12)21-15(14)17/h5-8H,2-4,9,17H2,1H3,(H,18,19). The van der Waals surface area contributed by atoms with E-state index in [1.165, 1.54) is 4.88 Å². The van der Waals surface area contributed by atoms with Crippen LogP contribution in [0.25, 0.3) is 0 Å². The Bertz CT molecular complexity index is 662. The predicted octanol–water partition coefficient (Wildman–Crippen LogP) is 2.76. The average molecular weight is 302 g/mol. The molecule has 3 N–H and O–H groups in total. The Hall–Kier alpha value is -2.01. The number of hydrogen-bond acceptors (Lipinski definition) is 4. The highest BCUT2D eigenvalue weighted by atomic mass is 32.1. The van der Waals surface area contributed by atoms with E-state index >= 15 is 0 Å². The third-order valence-electron chi connectivity index (χ3n) is 3.79. The van der Waals surface area contributed by atoms with Gasteiger partial charge < -0.3 is 15.8 Å². The van der Waals surface area contributed by atoms with Crippen LogP contribution in [0.2, 0.25) is 0 Å². The molecule has 1 aromatic heterocycles. The van der Waals surface area contributed by atoms with Crippen molar-refractivity contribution in [3.8, 4) is 5.75 Å². The highest BCUT2D eigenvalue weighted by molar-refractivity contribution is 7.16. The van der Waals surface area contributed by atoms with Gasteiger partial charge in [-0.3, -0.25) is 4.79 Å². The SMILES string of the molecule is COc1ccc(CNC(=O)c2c(N)sc3c2CCC3)cc1. The van der Waals surface area contributed by atoms with Crippen LogP contribution in [0, 0.1) is 0 Å². The number of fused-ring (bicyclic) bond motifs is 1. The average Bonchev–Trinajstić information content (AvgIpc) is 3.05. The lowest BCUT2D eigenvalue weighted by Gasteiger charge is -2.07. The Morgan fingerprint density at radius 2 is 2.10 bits per heavy atom. The van der Waals surface area contributed by atoms with Gasteiger partial charge in [-0.1, -0.05) is 12.1 Å². The van der Waals surface area contributed by atoms with Crippen molar-refractivity contribution in [1.82, 2.24) is 5.32 Å². The molecule has 0 spiro atoms. The van der Waals surface area contributed by atoms with Crippen molar-refractivity contribution in [2.24, 2.45) is 0 Å². The number of nitrogens with two attached hydrogens (primary N) is 1. The molecule has 0 radical (unpaired) electrons. The Labute approximate surface area is 127 Å². The zero-order valence-electron chi connectivity index (χ0n) is 11.9. The van der Waals surface area contributed by atoms with Crippen LogP contribution in [0.15, 0.2) is 24.3 Å². The van der Waals surface area contributed by atoms with Gasteiger partial charge in [0.1, 0.15) is 5.75 Å². The first-order valence-electron chi connectivity index (χ1n) is 7.00. The predicted molar refractivity (Wildman–Crippen MR) is 84.9 cm³/mol. The maximum atomic E-state index is 12.4. The molecule has 4 nitrogen and oxygen atoms in total. The molecule has 1 aliphatic rings. The van der Waals surface area contributed by atoms with E-state index in [1.807, 2.05) is 24.3 Å². The third kappa shape index (κ3) is 2.74. The number of nitrogens with one attached hydrogen (secondary N) is 1. The molecule has 2 aromatic rings. The quantitative estimate of drug-likeness (QED) is 0.912. The second-order valence-electron chi connectivity index (χ2n) is 5.13. The van der Waals surface area contributed by atoms with Crippen LogP contribution >= 0.6 is 11.3 Å². The Morgan fingerprint density at radius 3 is 2.81 bits per heavy atom. The molecule has 0 atom stereocenters. The third-order valence-corrected chi connectivity index (χ3v) is 4.91. The summed E-state index contributed by atoms with van der Waals surface area (Å²) in [6, 6.07) is 7.66. The Morgan fingerprint density at radius 1 is 1.33 bits per heavy atom. The number of rotatable bonds is 4. The summed E-state index contributed by atoms with van der Waals surface area (Å²) in [5.41, 5.74) is 8.89. The minimum atomic E-state index is -0.0669. The lowest BCUT2D eigenvalue weighted by Crippen LogP contribution is -2.24. The first-order chi connectivity index (χ1) is 10.2. The number of carbonyl (C=O) groups is 1. The number of hydrogen-bond donors (Lipinski definition) is 2. The topological polar surface area (TPSA) is 64.3 Å². The summed E-state index contributed by atoms with van der Waals surface area (Å²) in [5, 5.41) is 3.60. The summed E-state index contributed by atoms with van der Waals surface area (Å²) in [5.74, 6) is 0.743. The van der Waals surface area contributed by atoms with Gasteiger partial charge in [0.25, 0.3) is 5.91 Å². The van der Waals surface area contributed by atoms with Gasteiger partial charge in [-0.25, -0.2) is 0 Å². The van der Waals surface area contributed by atoms with Crippen LogP contribution < -0.4 is 15.8 Å². The number of aryl methyl sites for hydroxylation is 1. The molecule has 0 aliphatic heterocycles. The number of carbonyl (C=O) groups excluding carboxylic acids is 1. The molecule has 5 heteroatoms. The molecule has 0 unspecified atom stereocenters. The van der Waals surface area contributed by atoms with Crippen molar-refractivity contribution in [2.75, 3.05) is 12.8 Å². The summed E-state index contributed by atoms with van der Waals surface area (Å²) >= 11 is 1.56. The van der Waals surface area contributed by atoms with Crippen molar-refractivity contribution in [1.29, 1.82) is 0 Å². The fourth-order valence-corrected chi connectivity index (χ4v) is 3.85. The number of methoxy groups -OCH3 is 1. The number of thiophene rings is 1. The van der Waals surface area contributed by atoms with Crippen LogP contribution in [-0.4, -0.2) is 13.0 Å². The Kier molecular flexibility index (Phi) is 3.84. The Balaban J connectivity index is 1.69. The zero-order chi connectivity index (χ0) is 14.8. The van der Waals surface area contributed by atoms with Crippen molar-refractivity contribution >= 4 is 22.2 Å². The highest BCUT2D eigenvalue weighted by Crippen LogP contribution is 2.37. The van der Waals surface area contributed by atoms with E-state index in [1.54, 1.807) is 18.4 Å². The maximum absolute atomic E-state index is 12.4. The van der Waals surface area contributed by atoms with E-state index in [0.29, 0.717) is 17.1 Å². The van der Waals surface area contributed by atoms with Crippen LogP contribution in [0.5, 0.6) is 5.75 Å². The first-order valence-corrected chi connectivity index (χ1v) is 7.82. The summed E-state index contributed by atoms with van der Waals surface area (Å²) < 4.78 is 5.12. The largest absolute Gasteiger partial charge is 0.497 e. The smallest absolute Gasteiger partial charge is 0.254 e. The second kappa shape index (κ2) is 5.77. The molecule has 0 saturated heterocycles. The minimum Gasteiger partial charge on any atom is -0.497 e.